The van der Waals surface area contributed by atoms with Crippen LogP contribution in [0.3, 0.4) is 0 Å². The first-order valence-electron chi connectivity index (χ1n) is 10.4. The van der Waals surface area contributed by atoms with Gasteiger partial charge >= 0.3 is 14.2 Å². The monoisotopic (exact) mass is 584 g/mol. The largest absolute Gasteiger partial charge is 1.00 e. The molecular weight excluding hydrogens is 562 g/mol. The Morgan fingerprint density at radius 3 is 1.62 bits per heavy atom. The molecule has 10 heteroatoms. The molecule has 2 aromatic heterocycles. The van der Waals surface area contributed by atoms with Crippen molar-refractivity contribution in [3.05, 3.63) is 109 Å². The number of hydrogen-bond acceptors (Lipinski definition) is 4. The maximum Gasteiger partial charge on any atom is 0.488 e. The zero-order valence-corrected chi connectivity index (χ0v) is 21.4. The third kappa shape index (κ3) is 7.33. The summed E-state index contributed by atoms with van der Waals surface area (Å²) in [5.41, 5.74) is 5.08. The minimum Gasteiger partial charge on any atom is -1.00 e. The maximum atomic E-state index is 9.38. The van der Waals surface area contributed by atoms with Gasteiger partial charge in [-0.15, -0.1) is 0 Å². The molecule has 34 heavy (non-hydrogen) atoms. The van der Waals surface area contributed by atoms with Gasteiger partial charge in [-0.05, 0) is 22.6 Å². The predicted octanol–water partition coefficient (Wildman–Crippen LogP) is -6.61. The topological polar surface area (TPSA) is 88.7 Å². The minimum absolute atomic E-state index is 0. The molecule has 0 spiro atoms. The molecule has 0 aliphatic rings. The van der Waals surface area contributed by atoms with E-state index >= 15 is 0 Å². The number of nitrogens with zero attached hydrogens (tertiary/aromatic N) is 2. The van der Waals surface area contributed by atoms with Gasteiger partial charge in [0, 0.05) is 34.9 Å². The van der Waals surface area contributed by atoms with Gasteiger partial charge in [0.2, 0.25) is 0 Å². The fourth-order valence-electron chi connectivity index (χ4n) is 3.67. The van der Waals surface area contributed by atoms with Crippen LogP contribution >= 0.6 is 0 Å². The molecule has 0 radical (unpaired) electrons. The van der Waals surface area contributed by atoms with Crippen molar-refractivity contribution in [2.24, 2.45) is 0 Å². The van der Waals surface area contributed by atoms with E-state index in [1.54, 1.807) is 24.3 Å². The Bertz CT molecular complexity index is 1210. The molecule has 0 amide bonds. The second kappa shape index (κ2) is 12.9. The van der Waals surface area contributed by atoms with E-state index in [0.29, 0.717) is 24.0 Å². The highest BCUT2D eigenvalue weighted by molar-refractivity contribution is 6.58. The first-order chi connectivity index (χ1) is 15.5. The molecule has 0 saturated carbocycles. The van der Waals surface area contributed by atoms with Gasteiger partial charge in [0.15, 0.2) is 37.9 Å². The van der Waals surface area contributed by atoms with Crippen LogP contribution in [0.5, 0.6) is 0 Å². The summed E-state index contributed by atoms with van der Waals surface area (Å²) in [6, 6.07) is 22.7. The zero-order valence-electron chi connectivity index (χ0n) is 18.2. The van der Waals surface area contributed by atoms with Crippen LogP contribution in [0.15, 0.2) is 97.6 Å². The Balaban J connectivity index is 0.00000204. The number of halogens is 2. The minimum atomic E-state index is -1.47. The average molecular weight is 586 g/mol. The summed E-state index contributed by atoms with van der Waals surface area (Å²) in [4.78, 5) is 0. The molecule has 4 aromatic rings. The molecule has 6 nitrogen and oxygen atoms in total. The van der Waals surface area contributed by atoms with Crippen LogP contribution < -0.4 is 54.0 Å². The van der Waals surface area contributed by atoms with Crippen molar-refractivity contribution in [1.82, 2.24) is 0 Å². The lowest BCUT2D eigenvalue weighted by atomic mass is 9.79. The highest BCUT2D eigenvalue weighted by Crippen LogP contribution is 2.15. The number of rotatable bonds is 7. The molecular formula is C24H24B2Br2N2O4. The quantitative estimate of drug-likeness (QED) is 0.128. The number of hydrogen-bond donors (Lipinski definition) is 4. The second-order valence-electron chi connectivity index (χ2n) is 7.76. The maximum absolute atomic E-state index is 9.38. The van der Waals surface area contributed by atoms with Gasteiger partial charge in [-0.3, -0.25) is 0 Å². The van der Waals surface area contributed by atoms with Crippen LogP contribution in [0.1, 0.15) is 11.1 Å². The number of aromatic nitrogens is 2. The van der Waals surface area contributed by atoms with Gasteiger partial charge < -0.3 is 54.1 Å². The van der Waals surface area contributed by atoms with Crippen molar-refractivity contribution in [2.45, 2.75) is 13.1 Å². The van der Waals surface area contributed by atoms with Gasteiger partial charge in [-0.2, -0.15) is 0 Å². The number of pyridine rings is 2. The van der Waals surface area contributed by atoms with Crippen LogP contribution in [0.4, 0.5) is 0 Å². The standard InChI is InChI=1S/C24H24B2N2O4.2BrH/c29-25(30)23-7-1-4-19(14-23)16-27-12-9-21(10-13-27)22-6-3-11-28(18-22)17-20-5-2-8-24(15-20)26(31)32;;/h1-15,18,29-32H,16-17H2;2*1H/q+2;;/p-2. The predicted molar refractivity (Wildman–Crippen MR) is 123 cm³/mol. The van der Waals surface area contributed by atoms with E-state index in [9.17, 15) is 20.1 Å². The molecule has 2 aromatic carbocycles. The van der Waals surface area contributed by atoms with E-state index in [2.05, 4.69) is 16.8 Å². The Kier molecular flexibility index (Phi) is 10.6. The third-order valence-corrected chi connectivity index (χ3v) is 5.31. The molecule has 0 atom stereocenters. The van der Waals surface area contributed by atoms with Crippen LogP contribution in [0.2, 0.25) is 0 Å². The molecule has 0 fully saturated rings. The molecule has 0 bridgehead atoms. The summed E-state index contributed by atoms with van der Waals surface area (Å²) in [7, 11) is -2.94. The molecule has 2 heterocycles. The van der Waals surface area contributed by atoms with Crippen LogP contribution in [0.25, 0.3) is 11.1 Å². The van der Waals surface area contributed by atoms with E-state index in [0.717, 1.165) is 22.3 Å². The van der Waals surface area contributed by atoms with Gasteiger partial charge in [0.1, 0.15) is 0 Å². The molecule has 0 aliphatic heterocycles. The van der Waals surface area contributed by atoms with Gasteiger partial charge in [0.05, 0.1) is 0 Å². The van der Waals surface area contributed by atoms with Crippen molar-refractivity contribution in [3.63, 3.8) is 0 Å². The smallest absolute Gasteiger partial charge is 0.488 e. The van der Waals surface area contributed by atoms with Crippen LogP contribution in [-0.2, 0) is 13.1 Å². The highest BCUT2D eigenvalue weighted by Gasteiger charge is 2.14. The van der Waals surface area contributed by atoms with Gasteiger partial charge in [0.25, 0.3) is 0 Å². The van der Waals surface area contributed by atoms with Gasteiger partial charge in [-0.1, -0.05) is 48.5 Å². The Morgan fingerprint density at radius 2 is 1.09 bits per heavy atom. The first kappa shape index (κ1) is 27.9. The normalized spacial score (nSPS) is 10.1. The van der Waals surface area contributed by atoms with Gasteiger partial charge in [-0.25, -0.2) is 9.13 Å². The van der Waals surface area contributed by atoms with Crippen molar-refractivity contribution in [3.8, 4) is 11.1 Å². The first-order valence-corrected chi connectivity index (χ1v) is 10.4. The van der Waals surface area contributed by atoms with E-state index in [1.807, 2.05) is 65.6 Å². The summed E-state index contributed by atoms with van der Waals surface area (Å²) < 4.78 is 4.10. The zero-order chi connectivity index (χ0) is 22.5. The highest BCUT2D eigenvalue weighted by atomic mass is 79.9. The summed E-state index contributed by atoms with van der Waals surface area (Å²) in [5, 5.41) is 37.5. The summed E-state index contributed by atoms with van der Waals surface area (Å²) >= 11 is 0. The van der Waals surface area contributed by atoms with E-state index < -0.39 is 14.2 Å². The second-order valence-corrected chi connectivity index (χ2v) is 7.76. The Labute approximate surface area is 220 Å². The van der Waals surface area contributed by atoms with Crippen LogP contribution in [-0.4, -0.2) is 34.3 Å². The third-order valence-electron chi connectivity index (χ3n) is 5.31. The lowest BCUT2D eigenvalue weighted by Crippen LogP contribution is -3.00. The molecule has 0 unspecified atom stereocenters. The SMILES string of the molecule is OB(O)c1cccc(C[n+]2ccc(-c3ccc[n+](Cc4cccc(B(O)O)c4)c3)cc2)c1.[Br-].[Br-]. The summed E-state index contributed by atoms with van der Waals surface area (Å²) in [6.45, 7) is 1.25. The molecule has 4 N–H and O–H groups in total. The van der Waals surface area contributed by atoms with E-state index in [1.165, 1.54) is 0 Å². The summed E-state index contributed by atoms with van der Waals surface area (Å²) in [5.74, 6) is 0. The van der Waals surface area contributed by atoms with E-state index in [-0.39, 0.29) is 34.0 Å². The van der Waals surface area contributed by atoms with Crippen molar-refractivity contribution in [1.29, 1.82) is 0 Å². The van der Waals surface area contributed by atoms with Crippen molar-refractivity contribution < 1.29 is 63.2 Å². The lowest BCUT2D eigenvalue weighted by Gasteiger charge is -2.05. The molecule has 4 rings (SSSR count). The average Bonchev–Trinajstić information content (AvgIpc) is 2.80. The summed E-state index contributed by atoms with van der Waals surface area (Å²) in [6.07, 6.45) is 8.05. The van der Waals surface area contributed by atoms with Crippen molar-refractivity contribution in [2.75, 3.05) is 0 Å². The van der Waals surface area contributed by atoms with E-state index in [4.69, 9.17) is 0 Å². The number of benzene rings is 2. The van der Waals surface area contributed by atoms with Crippen LogP contribution in [0, 0.1) is 0 Å². The lowest BCUT2D eigenvalue weighted by molar-refractivity contribution is -0.688. The molecule has 0 saturated heterocycles. The van der Waals surface area contributed by atoms with Crippen molar-refractivity contribution >= 4 is 25.2 Å². The molecule has 0 aliphatic carbocycles. The molecule has 174 valence electrons. The Hall–Kier alpha value is -2.33. The fraction of sp³-hybridized carbons (Fsp3) is 0.0833. The fourth-order valence-corrected chi connectivity index (χ4v) is 3.67. The Morgan fingerprint density at radius 1 is 0.559 bits per heavy atom.